The minimum absolute atomic E-state index is 0.0592. The van der Waals surface area contributed by atoms with Crippen molar-refractivity contribution in [2.24, 2.45) is 0 Å². The van der Waals surface area contributed by atoms with Crippen LogP contribution in [0.25, 0.3) is 0 Å². The number of hydrogen-bond acceptors (Lipinski definition) is 5. The van der Waals surface area contributed by atoms with E-state index in [0.29, 0.717) is 11.3 Å². The highest BCUT2D eigenvalue weighted by atomic mass is 32.2. The van der Waals surface area contributed by atoms with E-state index in [-0.39, 0.29) is 41.5 Å². The third-order valence-electron chi connectivity index (χ3n) is 4.65. The molecule has 1 amide bonds. The van der Waals surface area contributed by atoms with Crippen LogP contribution >= 0.6 is 0 Å². The lowest BCUT2D eigenvalue weighted by atomic mass is 10.1. The van der Waals surface area contributed by atoms with Gasteiger partial charge in [-0.2, -0.15) is 4.31 Å². The van der Waals surface area contributed by atoms with E-state index in [9.17, 15) is 18.0 Å². The molecular weight excluding hydrogens is 392 g/mol. The summed E-state index contributed by atoms with van der Waals surface area (Å²) in [7, 11) is -3.75. The van der Waals surface area contributed by atoms with Gasteiger partial charge in [0.1, 0.15) is 0 Å². The highest BCUT2D eigenvalue weighted by Gasteiger charge is 2.32. The molecule has 8 heteroatoms. The zero-order chi connectivity index (χ0) is 21.2. The number of hydrogen-bond donors (Lipinski definition) is 1. The predicted octanol–water partition coefficient (Wildman–Crippen LogP) is 2.94. The van der Waals surface area contributed by atoms with Gasteiger partial charge in [0.15, 0.2) is 5.78 Å². The van der Waals surface area contributed by atoms with E-state index in [1.54, 1.807) is 36.4 Å². The summed E-state index contributed by atoms with van der Waals surface area (Å²) < 4.78 is 33.1. The first-order valence-corrected chi connectivity index (χ1v) is 10.8. The molecule has 1 aliphatic rings. The van der Waals surface area contributed by atoms with Crippen LogP contribution in [-0.4, -0.2) is 49.7 Å². The lowest BCUT2D eigenvalue weighted by Crippen LogP contribution is -2.48. The van der Waals surface area contributed by atoms with Gasteiger partial charge in [0, 0.05) is 29.9 Å². The minimum atomic E-state index is -3.75. The Kier molecular flexibility index (Phi) is 6.16. The van der Waals surface area contributed by atoms with Crippen LogP contribution in [0.5, 0.6) is 0 Å². The number of amides is 1. The van der Waals surface area contributed by atoms with Crippen molar-refractivity contribution in [3.63, 3.8) is 0 Å². The van der Waals surface area contributed by atoms with E-state index in [1.165, 1.54) is 23.4 Å². The maximum atomic E-state index is 13.0. The highest BCUT2D eigenvalue weighted by molar-refractivity contribution is 7.89. The van der Waals surface area contributed by atoms with Gasteiger partial charge in [-0.15, -0.1) is 0 Å². The number of sulfonamides is 1. The average Bonchev–Trinajstić information content (AvgIpc) is 2.67. The van der Waals surface area contributed by atoms with Crippen LogP contribution < -0.4 is 5.32 Å². The number of ether oxygens (including phenoxy) is 1. The van der Waals surface area contributed by atoms with Gasteiger partial charge < -0.3 is 10.1 Å². The molecule has 0 spiro atoms. The van der Waals surface area contributed by atoms with Gasteiger partial charge in [-0.25, -0.2) is 8.42 Å². The summed E-state index contributed by atoms with van der Waals surface area (Å²) >= 11 is 0. The molecule has 29 heavy (non-hydrogen) atoms. The summed E-state index contributed by atoms with van der Waals surface area (Å²) in [5.41, 5.74) is 1.16. The molecule has 1 saturated heterocycles. The highest BCUT2D eigenvalue weighted by Crippen LogP contribution is 2.22. The molecule has 0 aromatic heterocycles. The molecule has 3 rings (SSSR count). The Labute approximate surface area is 170 Å². The van der Waals surface area contributed by atoms with Gasteiger partial charge in [0.05, 0.1) is 17.1 Å². The van der Waals surface area contributed by atoms with Crippen LogP contribution in [0.2, 0.25) is 0 Å². The summed E-state index contributed by atoms with van der Waals surface area (Å²) in [4.78, 5) is 24.2. The summed E-state index contributed by atoms with van der Waals surface area (Å²) in [6, 6.07) is 12.5. The van der Waals surface area contributed by atoms with Crippen molar-refractivity contribution in [3.8, 4) is 0 Å². The number of ketones is 1. The fourth-order valence-electron chi connectivity index (χ4n) is 3.29. The zero-order valence-corrected chi connectivity index (χ0v) is 17.4. The van der Waals surface area contributed by atoms with Crippen molar-refractivity contribution in [2.45, 2.75) is 37.9 Å². The Hall–Kier alpha value is -2.55. The SMILES string of the molecule is CC(=O)c1cccc(NC(=O)c2cccc(S(=O)(=O)N3CC(C)OC(C)C3)c2)c1. The molecule has 2 aromatic carbocycles. The molecule has 0 bridgehead atoms. The zero-order valence-electron chi connectivity index (χ0n) is 16.6. The summed E-state index contributed by atoms with van der Waals surface area (Å²) in [5, 5.41) is 2.71. The number of carbonyl (C=O) groups excluding carboxylic acids is 2. The monoisotopic (exact) mass is 416 g/mol. The molecular formula is C21H24N2O5S. The number of morpholine rings is 1. The van der Waals surface area contributed by atoms with Gasteiger partial charge in [-0.05, 0) is 51.1 Å². The van der Waals surface area contributed by atoms with Gasteiger partial charge in [-0.1, -0.05) is 18.2 Å². The predicted molar refractivity (Wildman–Crippen MR) is 110 cm³/mol. The molecule has 0 radical (unpaired) electrons. The number of rotatable bonds is 5. The van der Waals surface area contributed by atoms with Gasteiger partial charge in [0.2, 0.25) is 10.0 Å². The lowest BCUT2D eigenvalue weighted by Gasteiger charge is -2.34. The number of anilines is 1. The van der Waals surface area contributed by atoms with Crippen molar-refractivity contribution in [3.05, 3.63) is 59.7 Å². The largest absolute Gasteiger partial charge is 0.373 e. The summed E-state index contributed by atoms with van der Waals surface area (Å²) in [5.74, 6) is -0.561. The number of nitrogens with one attached hydrogen (secondary N) is 1. The molecule has 1 N–H and O–H groups in total. The van der Waals surface area contributed by atoms with Crippen molar-refractivity contribution in [1.82, 2.24) is 4.31 Å². The second-order valence-electron chi connectivity index (χ2n) is 7.20. The van der Waals surface area contributed by atoms with Crippen LogP contribution in [0.4, 0.5) is 5.69 Å². The van der Waals surface area contributed by atoms with E-state index in [1.807, 2.05) is 13.8 Å². The van der Waals surface area contributed by atoms with E-state index in [0.717, 1.165) is 0 Å². The fourth-order valence-corrected chi connectivity index (χ4v) is 4.93. The van der Waals surface area contributed by atoms with Gasteiger partial charge in [0.25, 0.3) is 5.91 Å². The normalized spacial score (nSPS) is 20.2. The topological polar surface area (TPSA) is 92.8 Å². The Bertz CT molecular complexity index is 1020. The molecule has 1 fully saturated rings. The average molecular weight is 416 g/mol. The van der Waals surface area contributed by atoms with Crippen molar-refractivity contribution >= 4 is 27.4 Å². The first kappa shape index (κ1) is 21.2. The Morgan fingerprint density at radius 2 is 1.62 bits per heavy atom. The molecule has 2 unspecified atom stereocenters. The lowest BCUT2D eigenvalue weighted by molar-refractivity contribution is -0.0440. The van der Waals surface area contributed by atoms with E-state index < -0.39 is 15.9 Å². The molecule has 2 aromatic rings. The van der Waals surface area contributed by atoms with Crippen LogP contribution in [0.1, 0.15) is 41.5 Å². The Morgan fingerprint density at radius 3 is 2.28 bits per heavy atom. The minimum Gasteiger partial charge on any atom is -0.373 e. The molecule has 2 atom stereocenters. The van der Waals surface area contributed by atoms with Crippen LogP contribution in [-0.2, 0) is 14.8 Å². The Balaban J connectivity index is 1.82. The second kappa shape index (κ2) is 8.44. The van der Waals surface area contributed by atoms with Crippen LogP contribution in [0.15, 0.2) is 53.4 Å². The Morgan fingerprint density at radius 1 is 1.00 bits per heavy atom. The quantitative estimate of drug-likeness (QED) is 0.757. The number of Topliss-reactive ketones (excluding diaryl/α,β-unsaturated/α-hetero) is 1. The van der Waals surface area contributed by atoms with Crippen molar-refractivity contribution in [2.75, 3.05) is 18.4 Å². The summed E-state index contributed by atoms with van der Waals surface area (Å²) in [6.07, 6.45) is -0.401. The third-order valence-corrected chi connectivity index (χ3v) is 6.47. The molecule has 1 heterocycles. The summed E-state index contributed by atoms with van der Waals surface area (Å²) in [6.45, 7) is 5.64. The van der Waals surface area contributed by atoms with Crippen molar-refractivity contribution in [1.29, 1.82) is 0 Å². The van der Waals surface area contributed by atoms with E-state index >= 15 is 0 Å². The fraction of sp³-hybridized carbons (Fsp3) is 0.333. The molecule has 0 aliphatic carbocycles. The first-order valence-electron chi connectivity index (χ1n) is 9.35. The van der Waals surface area contributed by atoms with E-state index in [2.05, 4.69) is 5.32 Å². The number of carbonyl (C=O) groups is 2. The maximum Gasteiger partial charge on any atom is 0.255 e. The molecule has 154 valence electrons. The maximum absolute atomic E-state index is 13.0. The van der Waals surface area contributed by atoms with Crippen molar-refractivity contribution < 1.29 is 22.7 Å². The van der Waals surface area contributed by atoms with E-state index in [4.69, 9.17) is 4.74 Å². The molecule has 0 saturated carbocycles. The van der Waals surface area contributed by atoms with Crippen LogP contribution in [0.3, 0.4) is 0 Å². The molecule has 1 aliphatic heterocycles. The van der Waals surface area contributed by atoms with Crippen LogP contribution in [0, 0.1) is 0 Å². The second-order valence-corrected chi connectivity index (χ2v) is 9.14. The number of benzene rings is 2. The first-order chi connectivity index (χ1) is 13.7. The standard InChI is InChI=1S/C21H24N2O5S/c1-14-12-23(13-15(2)28-14)29(26,27)20-9-5-7-18(11-20)21(25)22-19-8-4-6-17(10-19)16(3)24/h4-11,14-15H,12-13H2,1-3H3,(H,22,25). The molecule has 7 nitrogen and oxygen atoms in total. The number of nitrogens with zero attached hydrogens (tertiary/aromatic N) is 1. The third kappa shape index (κ3) is 4.90. The van der Waals surface area contributed by atoms with Gasteiger partial charge >= 0.3 is 0 Å². The van der Waals surface area contributed by atoms with Gasteiger partial charge in [-0.3, -0.25) is 9.59 Å². The smallest absolute Gasteiger partial charge is 0.255 e.